The fraction of sp³-hybridized carbons (Fsp3) is 0.875. The number of rotatable bonds is 0. The highest BCUT2D eigenvalue weighted by atomic mass is 32.2. The van der Waals surface area contributed by atoms with E-state index in [-0.39, 0.29) is 16.8 Å². The zero-order valence-electron chi connectivity index (χ0n) is 7.38. The van der Waals surface area contributed by atoms with E-state index < -0.39 is 0 Å². The number of carbonyl (C=O) groups is 1. The van der Waals surface area contributed by atoms with Gasteiger partial charge in [-0.2, -0.15) is 0 Å². The van der Waals surface area contributed by atoms with Crippen LogP contribution in [-0.4, -0.2) is 16.7 Å². The Kier molecular flexibility index (Phi) is 2.19. The summed E-state index contributed by atoms with van der Waals surface area (Å²) < 4.78 is 5.16. The molecule has 2 unspecified atom stereocenters. The molecule has 0 aromatic rings. The van der Waals surface area contributed by atoms with Gasteiger partial charge in [-0.25, -0.2) is 4.79 Å². The van der Waals surface area contributed by atoms with E-state index >= 15 is 0 Å². The number of hydrogen-bond acceptors (Lipinski definition) is 3. The summed E-state index contributed by atoms with van der Waals surface area (Å²) in [7, 11) is 0. The third kappa shape index (κ3) is 1.89. The summed E-state index contributed by atoms with van der Waals surface area (Å²) in [5, 5.41) is 0.167. The summed E-state index contributed by atoms with van der Waals surface area (Å²) in [6.07, 6.45) is 0.0694. The second-order valence-electron chi connectivity index (χ2n) is 3.98. The minimum atomic E-state index is -0.127. The molecular formula is C8H14O2S. The molecule has 1 aliphatic heterocycles. The van der Waals surface area contributed by atoms with Gasteiger partial charge in [-0.1, -0.05) is 20.8 Å². The lowest BCUT2D eigenvalue weighted by atomic mass is 9.87. The van der Waals surface area contributed by atoms with E-state index in [4.69, 9.17) is 4.74 Å². The van der Waals surface area contributed by atoms with Crippen molar-refractivity contribution < 1.29 is 9.53 Å². The predicted octanol–water partition coefficient (Wildman–Crippen LogP) is 2.67. The van der Waals surface area contributed by atoms with Gasteiger partial charge in [0.1, 0.15) is 6.10 Å². The van der Waals surface area contributed by atoms with Crippen LogP contribution in [-0.2, 0) is 4.74 Å². The molecule has 0 N–H and O–H groups in total. The van der Waals surface area contributed by atoms with Gasteiger partial charge >= 0.3 is 5.30 Å². The van der Waals surface area contributed by atoms with Crippen molar-refractivity contribution in [2.45, 2.75) is 39.0 Å². The predicted molar refractivity (Wildman–Crippen MR) is 46.8 cm³/mol. The van der Waals surface area contributed by atoms with Gasteiger partial charge in [-0.3, -0.25) is 0 Å². The van der Waals surface area contributed by atoms with Crippen LogP contribution in [0.25, 0.3) is 0 Å². The summed E-state index contributed by atoms with van der Waals surface area (Å²) in [5.74, 6) is 0. The maximum Gasteiger partial charge on any atom is 0.368 e. The van der Waals surface area contributed by atoms with Gasteiger partial charge in [0.25, 0.3) is 0 Å². The number of ether oxygens (including phenoxy) is 1. The van der Waals surface area contributed by atoms with Crippen molar-refractivity contribution >= 4 is 17.1 Å². The topological polar surface area (TPSA) is 26.3 Å². The van der Waals surface area contributed by atoms with Gasteiger partial charge in [0, 0.05) is 5.41 Å². The molecule has 1 saturated heterocycles. The minimum Gasteiger partial charge on any atom is -0.453 e. The lowest BCUT2D eigenvalue weighted by molar-refractivity contribution is 0.0592. The van der Waals surface area contributed by atoms with E-state index in [1.165, 1.54) is 11.8 Å². The van der Waals surface area contributed by atoms with Crippen molar-refractivity contribution in [3.63, 3.8) is 0 Å². The first-order valence-corrected chi connectivity index (χ1v) is 4.66. The number of hydrogen-bond donors (Lipinski definition) is 0. The van der Waals surface area contributed by atoms with Crippen LogP contribution in [0.5, 0.6) is 0 Å². The molecule has 0 aliphatic carbocycles. The SMILES string of the molecule is CC1SC(=O)OC1C(C)(C)C. The molecule has 1 fully saturated rings. The monoisotopic (exact) mass is 174 g/mol. The van der Waals surface area contributed by atoms with Crippen LogP contribution in [0.15, 0.2) is 0 Å². The normalized spacial score (nSPS) is 32.2. The van der Waals surface area contributed by atoms with Crippen molar-refractivity contribution in [1.29, 1.82) is 0 Å². The third-order valence-corrected chi connectivity index (χ3v) is 2.69. The fourth-order valence-corrected chi connectivity index (χ4v) is 2.37. The number of cyclic esters (lactones) is 1. The van der Waals surface area contributed by atoms with Gasteiger partial charge < -0.3 is 4.74 Å². The van der Waals surface area contributed by atoms with E-state index in [0.29, 0.717) is 5.25 Å². The van der Waals surface area contributed by atoms with Crippen molar-refractivity contribution in [3.8, 4) is 0 Å². The second-order valence-corrected chi connectivity index (χ2v) is 5.29. The highest BCUT2D eigenvalue weighted by molar-refractivity contribution is 8.14. The molecule has 0 saturated carbocycles. The maximum atomic E-state index is 10.9. The number of carbonyl (C=O) groups excluding carboxylic acids is 1. The molecule has 0 amide bonds. The average Bonchev–Trinajstić information content (AvgIpc) is 2.08. The molecule has 11 heavy (non-hydrogen) atoms. The van der Waals surface area contributed by atoms with E-state index in [9.17, 15) is 4.79 Å². The average molecular weight is 174 g/mol. The lowest BCUT2D eigenvalue weighted by Gasteiger charge is -2.27. The Morgan fingerprint density at radius 2 is 2.00 bits per heavy atom. The van der Waals surface area contributed by atoms with E-state index in [1.807, 2.05) is 6.92 Å². The van der Waals surface area contributed by atoms with E-state index in [2.05, 4.69) is 20.8 Å². The molecule has 2 atom stereocenters. The molecule has 1 rings (SSSR count). The smallest absolute Gasteiger partial charge is 0.368 e. The van der Waals surface area contributed by atoms with Gasteiger partial charge in [-0.05, 0) is 18.7 Å². The summed E-state index contributed by atoms with van der Waals surface area (Å²) in [4.78, 5) is 10.9. The van der Waals surface area contributed by atoms with Gasteiger partial charge in [0.05, 0.1) is 5.25 Å². The molecule has 1 aliphatic rings. The molecule has 3 heteroatoms. The summed E-state index contributed by atoms with van der Waals surface area (Å²) in [6, 6.07) is 0. The van der Waals surface area contributed by atoms with E-state index in [1.54, 1.807) is 0 Å². The summed E-state index contributed by atoms with van der Waals surface area (Å²) in [5.41, 5.74) is 0.0680. The molecule has 0 radical (unpaired) electrons. The molecule has 0 aromatic heterocycles. The van der Waals surface area contributed by atoms with Crippen LogP contribution in [0.2, 0.25) is 0 Å². The molecule has 1 heterocycles. The zero-order chi connectivity index (χ0) is 8.65. The summed E-state index contributed by atoms with van der Waals surface area (Å²) in [6.45, 7) is 8.31. The third-order valence-electron chi connectivity index (χ3n) is 1.79. The van der Waals surface area contributed by atoms with Gasteiger partial charge in [-0.15, -0.1) is 0 Å². The van der Waals surface area contributed by atoms with Crippen LogP contribution in [0, 0.1) is 5.41 Å². The van der Waals surface area contributed by atoms with Crippen molar-refractivity contribution in [2.24, 2.45) is 5.41 Å². The van der Waals surface area contributed by atoms with Crippen LogP contribution < -0.4 is 0 Å². The molecular weight excluding hydrogens is 160 g/mol. The van der Waals surface area contributed by atoms with Crippen LogP contribution >= 0.6 is 11.8 Å². The molecule has 2 nitrogen and oxygen atoms in total. The first kappa shape index (κ1) is 8.91. The second kappa shape index (κ2) is 2.70. The Morgan fingerprint density at radius 3 is 2.18 bits per heavy atom. The molecule has 0 bridgehead atoms. The highest BCUT2D eigenvalue weighted by Crippen LogP contribution is 2.37. The fourth-order valence-electron chi connectivity index (χ4n) is 1.32. The maximum absolute atomic E-state index is 10.9. The van der Waals surface area contributed by atoms with Crippen LogP contribution in [0.1, 0.15) is 27.7 Å². The van der Waals surface area contributed by atoms with E-state index in [0.717, 1.165) is 0 Å². The van der Waals surface area contributed by atoms with Crippen molar-refractivity contribution in [3.05, 3.63) is 0 Å². The first-order chi connectivity index (χ1) is 4.91. The molecule has 0 spiro atoms. The standard InChI is InChI=1S/C8H14O2S/c1-5-6(8(2,3)4)10-7(9)11-5/h5-6H,1-4H3. The Bertz CT molecular complexity index is 171. The van der Waals surface area contributed by atoms with Crippen molar-refractivity contribution in [2.75, 3.05) is 0 Å². The Balaban J connectivity index is 2.67. The van der Waals surface area contributed by atoms with Crippen LogP contribution in [0.3, 0.4) is 0 Å². The quantitative estimate of drug-likeness (QED) is 0.528. The summed E-state index contributed by atoms with van der Waals surface area (Å²) >= 11 is 1.29. The largest absolute Gasteiger partial charge is 0.453 e. The Morgan fingerprint density at radius 1 is 1.45 bits per heavy atom. The molecule has 0 aromatic carbocycles. The van der Waals surface area contributed by atoms with Gasteiger partial charge in [0.2, 0.25) is 0 Å². The van der Waals surface area contributed by atoms with Gasteiger partial charge in [0.15, 0.2) is 0 Å². The van der Waals surface area contributed by atoms with Crippen molar-refractivity contribution in [1.82, 2.24) is 0 Å². The van der Waals surface area contributed by atoms with Crippen LogP contribution in [0.4, 0.5) is 4.79 Å². The lowest BCUT2D eigenvalue weighted by Crippen LogP contribution is -2.32. The number of thioether (sulfide) groups is 1. The Labute approximate surface area is 71.7 Å². The molecule has 64 valence electrons. The highest BCUT2D eigenvalue weighted by Gasteiger charge is 2.40. The minimum absolute atomic E-state index is 0.0680. The first-order valence-electron chi connectivity index (χ1n) is 3.78. The zero-order valence-corrected chi connectivity index (χ0v) is 8.20. The Hall–Kier alpha value is -0.180.